The molecule has 0 atom stereocenters. The van der Waals surface area contributed by atoms with Gasteiger partial charge in [0.15, 0.2) is 11.5 Å². The number of hydrogen-bond acceptors (Lipinski definition) is 4. The third-order valence-electron chi connectivity index (χ3n) is 5.14. The lowest BCUT2D eigenvalue weighted by Gasteiger charge is -2.27. The summed E-state index contributed by atoms with van der Waals surface area (Å²) in [5.41, 5.74) is 2.61. The van der Waals surface area contributed by atoms with Crippen molar-refractivity contribution in [1.29, 1.82) is 0 Å². The first-order valence-corrected chi connectivity index (χ1v) is 9.89. The molecule has 2 aromatic carbocycles. The lowest BCUT2D eigenvalue weighted by molar-refractivity contribution is -0.128. The quantitative estimate of drug-likeness (QED) is 0.809. The molecule has 2 heterocycles. The number of aryl methyl sites for hydroxylation is 1. The summed E-state index contributed by atoms with van der Waals surface area (Å²) in [6.07, 6.45) is 4.79. The maximum atomic E-state index is 13.1. The van der Waals surface area contributed by atoms with Crippen molar-refractivity contribution >= 4 is 17.9 Å². The molecule has 1 N–H and O–H groups in total. The summed E-state index contributed by atoms with van der Waals surface area (Å²) in [5.74, 6) is 0.841. The number of rotatable bonds is 4. The molecular formula is C23H24N2O4. The van der Waals surface area contributed by atoms with Crippen LogP contribution < -0.4 is 14.8 Å². The third kappa shape index (κ3) is 4.42. The molecule has 0 aromatic heterocycles. The topological polar surface area (TPSA) is 67.9 Å². The van der Waals surface area contributed by atoms with Crippen molar-refractivity contribution in [2.45, 2.75) is 26.2 Å². The van der Waals surface area contributed by atoms with Gasteiger partial charge in [0.05, 0.1) is 0 Å². The Bertz CT molecular complexity index is 944. The number of fused-ring (bicyclic) bond motifs is 1. The van der Waals surface area contributed by atoms with Crippen molar-refractivity contribution in [2.75, 3.05) is 19.9 Å². The van der Waals surface area contributed by atoms with Crippen LogP contribution in [0.25, 0.3) is 6.08 Å². The minimum Gasteiger partial charge on any atom is -0.454 e. The standard InChI is InChI=1S/C23H24N2O4/c1-16-5-8-18(9-6-16)22(26)24-19(23(27)25-11-3-2-4-12-25)13-17-7-10-20-21(14-17)29-15-28-20/h5-10,13-14H,2-4,11-12,15H2,1H3,(H,24,26). The number of likely N-dealkylation sites (tertiary alicyclic amines) is 1. The zero-order valence-corrected chi connectivity index (χ0v) is 16.4. The fraction of sp³-hybridized carbons (Fsp3) is 0.304. The summed E-state index contributed by atoms with van der Waals surface area (Å²) in [4.78, 5) is 27.7. The first-order valence-electron chi connectivity index (χ1n) is 9.89. The number of benzene rings is 2. The lowest BCUT2D eigenvalue weighted by Crippen LogP contribution is -2.41. The minimum atomic E-state index is -0.303. The van der Waals surface area contributed by atoms with E-state index < -0.39 is 0 Å². The molecule has 1 saturated heterocycles. The van der Waals surface area contributed by atoms with Gasteiger partial charge in [-0.3, -0.25) is 9.59 Å². The van der Waals surface area contributed by atoms with E-state index >= 15 is 0 Å². The summed E-state index contributed by atoms with van der Waals surface area (Å²) in [6, 6.07) is 12.7. The SMILES string of the molecule is Cc1ccc(C(=O)NC(=Cc2ccc3c(c2)OCO3)C(=O)N2CCCCC2)cc1. The first kappa shape index (κ1) is 19.1. The lowest BCUT2D eigenvalue weighted by atomic mass is 10.1. The van der Waals surface area contributed by atoms with Crippen molar-refractivity contribution in [3.05, 3.63) is 64.9 Å². The highest BCUT2D eigenvalue weighted by Crippen LogP contribution is 2.33. The van der Waals surface area contributed by atoms with Crippen LogP contribution in [-0.4, -0.2) is 36.6 Å². The largest absolute Gasteiger partial charge is 0.454 e. The van der Waals surface area contributed by atoms with Crippen LogP contribution in [0.15, 0.2) is 48.2 Å². The normalized spacial score (nSPS) is 15.9. The highest BCUT2D eigenvalue weighted by atomic mass is 16.7. The highest BCUT2D eigenvalue weighted by Gasteiger charge is 2.23. The number of ether oxygens (including phenoxy) is 2. The third-order valence-corrected chi connectivity index (χ3v) is 5.14. The Labute approximate surface area is 170 Å². The summed E-state index contributed by atoms with van der Waals surface area (Å²) in [6.45, 7) is 3.56. The average Bonchev–Trinajstić information content (AvgIpc) is 3.21. The van der Waals surface area contributed by atoms with E-state index in [0.29, 0.717) is 30.2 Å². The predicted molar refractivity (Wildman–Crippen MR) is 110 cm³/mol. The molecule has 0 aliphatic carbocycles. The van der Waals surface area contributed by atoms with Gasteiger partial charge < -0.3 is 19.7 Å². The van der Waals surface area contributed by atoms with Crippen LogP contribution in [0, 0.1) is 6.92 Å². The van der Waals surface area contributed by atoms with Crippen LogP contribution in [-0.2, 0) is 4.79 Å². The van der Waals surface area contributed by atoms with Gasteiger partial charge in [0.2, 0.25) is 6.79 Å². The van der Waals surface area contributed by atoms with E-state index in [2.05, 4.69) is 5.32 Å². The second-order valence-corrected chi connectivity index (χ2v) is 7.34. The molecule has 2 aromatic rings. The van der Waals surface area contributed by atoms with Gasteiger partial charge in [0.1, 0.15) is 5.70 Å². The summed E-state index contributed by atoms with van der Waals surface area (Å²) in [7, 11) is 0. The Morgan fingerprint density at radius 1 is 0.966 bits per heavy atom. The van der Waals surface area contributed by atoms with E-state index in [4.69, 9.17) is 9.47 Å². The molecule has 2 aliphatic rings. The Kier molecular flexibility index (Phi) is 5.51. The zero-order valence-electron chi connectivity index (χ0n) is 16.4. The molecule has 0 spiro atoms. The monoisotopic (exact) mass is 392 g/mol. The zero-order chi connectivity index (χ0) is 20.2. The van der Waals surface area contributed by atoms with E-state index in [-0.39, 0.29) is 24.3 Å². The van der Waals surface area contributed by atoms with Gasteiger partial charge in [0, 0.05) is 18.7 Å². The Balaban J connectivity index is 1.62. The van der Waals surface area contributed by atoms with Crippen molar-refractivity contribution in [3.63, 3.8) is 0 Å². The fourth-order valence-corrected chi connectivity index (χ4v) is 3.49. The van der Waals surface area contributed by atoms with Crippen molar-refractivity contribution in [1.82, 2.24) is 10.2 Å². The number of nitrogens with zero attached hydrogens (tertiary/aromatic N) is 1. The van der Waals surface area contributed by atoms with Crippen LogP contribution in [0.1, 0.15) is 40.7 Å². The second kappa shape index (κ2) is 8.39. The number of carbonyl (C=O) groups excluding carboxylic acids is 2. The second-order valence-electron chi connectivity index (χ2n) is 7.34. The van der Waals surface area contributed by atoms with E-state index in [1.54, 1.807) is 29.2 Å². The molecule has 6 nitrogen and oxygen atoms in total. The van der Waals surface area contributed by atoms with Gasteiger partial charge in [0.25, 0.3) is 11.8 Å². The van der Waals surface area contributed by atoms with E-state index in [1.807, 2.05) is 31.2 Å². The molecule has 0 unspecified atom stereocenters. The Morgan fingerprint density at radius 3 is 2.45 bits per heavy atom. The number of piperidine rings is 1. The van der Waals surface area contributed by atoms with E-state index in [9.17, 15) is 9.59 Å². The molecule has 0 radical (unpaired) electrons. The number of amides is 2. The van der Waals surface area contributed by atoms with Gasteiger partial charge in [-0.05, 0) is 62.1 Å². The molecule has 29 heavy (non-hydrogen) atoms. The predicted octanol–water partition coefficient (Wildman–Crippen LogP) is 3.51. The summed E-state index contributed by atoms with van der Waals surface area (Å²) < 4.78 is 10.8. The van der Waals surface area contributed by atoms with Crippen LogP contribution >= 0.6 is 0 Å². The van der Waals surface area contributed by atoms with Gasteiger partial charge in [-0.15, -0.1) is 0 Å². The van der Waals surface area contributed by atoms with Crippen LogP contribution in [0.5, 0.6) is 11.5 Å². The molecule has 4 rings (SSSR count). The molecule has 1 fully saturated rings. The molecular weight excluding hydrogens is 368 g/mol. The van der Waals surface area contributed by atoms with Crippen LogP contribution in [0.2, 0.25) is 0 Å². The molecule has 2 amide bonds. The van der Waals surface area contributed by atoms with E-state index in [1.165, 1.54) is 0 Å². The van der Waals surface area contributed by atoms with Gasteiger partial charge in [-0.2, -0.15) is 0 Å². The van der Waals surface area contributed by atoms with Gasteiger partial charge >= 0.3 is 0 Å². The molecule has 0 bridgehead atoms. The van der Waals surface area contributed by atoms with Crippen molar-refractivity contribution < 1.29 is 19.1 Å². The Hall–Kier alpha value is -3.28. The molecule has 2 aliphatic heterocycles. The van der Waals surface area contributed by atoms with Crippen molar-refractivity contribution in [2.24, 2.45) is 0 Å². The Morgan fingerprint density at radius 2 is 1.69 bits per heavy atom. The molecule has 150 valence electrons. The minimum absolute atomic E-state index is 0.164. The summed E-state index contributed by atoms with van der Waals surface area (Å²) >= 11 is 0. The maximum Gasteiger partial charge on any atom is 0.270 e. The van der Waals surface area contributed by atoms with Gasteiger partial charge in [-0.1, -0.05) is 23.8 Å². The van der Waals surface area contributed by atoms with Crippen LogP contribution in [0.4, 0.5) is 0 Å². The summed E-state index contributed by atoms with van der Waals surface area (Å²) in [5, 5.41) is 2.82. The average molecular weight is 392 g/mol. The molecule has 6 heteroatoms. The van der Waals surface area contributed by atoms with Crippen molar-refractivity contribution in [3.8, 4) is 11.5 Å². The van der Waals surface area contributed by atoms with E-state index in [0.717, 1.165) is 30.4 Å². The smallest absolute Gasteiger partial charge is 0.270 e. The number of carbonyl (C=O) groups is 2. The molecule has 0 saturated carbocycles. The highest BCUT2D eigenvalue weighted by molar-refractivity contribution is 6.05. The first-order chi connectivity index (χ1) is 14.1. The maximum absolute atomic E-state index is 13.1. The fourth-order valence-electron chi connectivity index (χ4n) is 3.49. The number of hydrogen-bond donors (Lipinski definition) is 1. The van der Waals surface area contributed by atoms with Crippen LogP contribution in [0.3, 0.4) is 0 Å². The number of nitrogens with one attached hydrogen (secondary N) is 1. The van der Waals surface area contributed by atoms with Gasteiger partial charge in [-0.25, -0.2) is 0 Å².